The highest BCUT2D eigenvalue weighted by Gasteiger charge is 2.19. The van der Waals surface area contributed by atoms with Crippen LogP contribution in [0.4, 0.5) is 0 Å². The van der Waals surface area contributed by atoms with Crippen LogP contribution in [0.2, 0.25) is 0 Å². The molecule has 2 N–H and O–H groups in total. The summed E-state index contributed by atoms with van der Waals surface area (Å²) in [5.74, 6) is 1.77. The average Bonchev–Trinajstić information content (AvgIpc) is 2.71. The molecule has 158 valence electrons. The van der Waals surface area contributed by atoms with Crippen LogP contribution in [-0.2, 0) is 6.54 Å². The number of aliphatic imine (C=N–C) groups is 1. The van der Waals surface area contributed by atoms with Crippen LogP contribution >= 0.6 is 0 Å². The minimum Gasteiger partial charge on any atom is -0.492 e. The molecule has 6 nitrogen and oxygen atoms in total. The van der Waals surface area contributed by atoms with E-state index in [0.29, 0.717) is 6.61 Å². The Morgan fingerprint density at radius 3 is 2.89 bits per heavy atom. The van der Waals surface area contributed by atoms with Crippen LogP contribution < -0.4 is 15.4 Å². The number of rotatable bonds is 10. The van der Waals surface area contributed by atoms with Crippen LogP contribution in [0.3, 0.4) is 0 Å². The van der Waals surface area contributed by atoms with Crippen LogP contribution in [0, 0.1) is 0 Å². The lowest BCUT2D eigenvalue weighted by atomic mass is 10.0. The fraction of sp³-hybridized carbons (Fsp3) is 0.682. The van der Waals surface area contributed by atoms with Crippen LogP contribution in [-0.4, -0.2) is 75.7 Å². The molecule has 1 aliphatic rings. The van der Waals surface area contributed by atoms with Gasteiger partial charge in [-0.2, -0.15) is 0 Å². The Morgan fingerprint density at radius 2 is 2.14 bits per heavy atom. The summed E-state index contributed by atoms with van der Waals surface area (Å²) in [6, 6.07) is 9.00. The van der Waals surface area contributed by atoms with Gasteiger partial charge in [-0.3, -0.25) is 9.89 Å². The standard InChI is InChI=1S/C22H39N5O/c1-5-20-10-6-7-13-27(20)14-12-24-22(23-2)25-18-19-9-8-11-21(17-19)28-16-15-26(3)4/h8-9,11,17,20H,5-7,10,12-16,18H2,1-4H3,(H2,23,24,25). The van der Waals surface area contributed by atoms with Crippen molar-refractivity contribution in [2.24, 2.45) is 4.99 Å². The van der Waals surface area contributed by atoms with Crippen molar-refractivity contribution in [3.8, 4) is 5.75 Å². The Kier molecular flexibility index (Phi) is 10.1. The number of hydrogen-bond acceptors (Lipinski definition) is 4. The van der Waals surface area contributed by atoms with Crippen molar-refractivity contribution in [3.05, 3.63) is 29.8 Å². The van der Waals surface area contributed by atoms with E-state index < -0.39 is 0 Å². The molecule has 0 amide bonds. The summed E-state index contributed by atoms with van der Waals surface area (Å²) in [6.07, 6.45) is 5.30. The molecule has 1 aromatic rings. The summed E-state index contributed by atoms with van der Waals surface area (Å²) in [4.78, 5) is 9.10. The minimum atomic E-state index is 0.697. The predicted molar refractivity (Wildman–Crippen MR) is 118 cm³/mol. The third-order valence-electron chi connectivity index (χ3n) is 5.30. The minimum absolute atomic E-state index is 0.697. The van der Waals surface area contributed by atoms with Crippen molar-refractivity contribution >= 4 is 5.96 Å². The number of likely N-dealkylation sites (N-methyl/N-ethyl adjacent to an activating group) is 1. The number of benzene rings is 1. The van der Waals surface area contributed by atoms with E-state index in [2.05, 4.69) is 58.6 Å². The Labute approximate surface area is 171 Å². The van der Waals surface area contributed by atoms with Crippen molar-refractivity contribution in [1.29, 1.82) is 0 Å². The van der Waals surface area contributed by atoms with Crippen molar-refractivity contribution < 1.29 is 4.74 Å². The number of ether oxygens (including phenoxy) is 1. The first-order valence-electron chi connectivity index (χ1n) is 10.7. The van der Waals surface area contributed by atoms with Gasteiger partial charge in [0.1, 0.15) is 12.4 Å². The van der Waals surface area contributed by atoms with E-state index in [9.17, 15) is 0 Å². The molecule has 0 saturated carbocycles. The number of piperidine rings is 1. The molecule has 6 heteroatoms. The lowest BCUT2D eigenvalue weighted by molar-refractivity contribution is 0.147. The van der Waals surface area contributed by atoms with Gasteiger partial charge < -0.3 is 20.3 Å². The van der Waals surface area contributed by atoms with E-state index in [1.807, 2.05) is 19.2 Å². The molecule has 0 radical (unpaired) electrons. The lowest BCUT2D eigenvalue weighted by Crippen LogP contribution is -2.45. The van der Waals surface area contributed by atoms with E-state index in [1.54, 1.807) is 0 Å². The summed E-state index contributed by atoms with van der Waals surface area (Å²) in [5, 5.41) is 6.86. The van der Waals surface area contributed by atoms with Gasteiger partial charge in [0.15, 0.2) is 5.96 Å². The average molecular weight is 390 g/mol. The maximum atomic E-state index is 5.82. The molecule has 1 aromatic carbocycles. The van der Waals surface area contributed by atoms with Gasteiger partial charge in [-0.1, -0.05) is 25.5 Å². The molecule has 1 saturated heterocycles. The molecule has 0 bridgehead atoms. The quantitative estimate of drug-likeness (QED) is 0.476. The first kappa shape index (κ1) is 22.5. The summed E-state index contributed by atoms with van der Waals surface area (Å²) < 4.78 is 5.82. The van der Waals surface area contributed by atoms with Gasteiger partial charge in [0, 0.05) is 39.3 Å². The SMILES string of the molecule is CCC1CCCCN1CCNC(=NC)NCc1cccc(OCCN(C)C)c1. The number of likely N-dealkylation sites (tertiary alicyclic amines) is 1. The molecule has 0 aromatic heterocycles. The summed E-state index contributed by atoms with van der Waals surface area (Å²) >= 11 is 0. The van der Waals surface area contributed by atoms with Gasteiger partial charge in [0.05, 0.1) is 0 Å². The van der Waals surface area contributed by atoms with Gasteiger partial charge in [-0.15, -0.1) is 0 Å². The fourth-order valence-electron chi connectivity index (χ4n) is 3.63. The lowest BCUT2D eigenvalue weighted by Gasteiger charge is -2.35. The van der Waals surface area contributed by atoms with E-state index in [-0.39, 0.29) is 0 Å². The number of hydrogen-bond donors (Lipinski definition) is 2. The second-order valence-electron chi connectivity index (χ2n) is 7.75. The normalized spacial score (nSPS) is 18.3. The van der Waals surface area contributed by atoms with E-state index in [0.717, 1.165) is 43.9 Å². The maximum absolute atomic E-state index is 5.82. The number of nitrogens with zero attached hydrogens (tertiary/aromatic N) is 3. The molecular weight excluding hydrogens is 350 g/mol. The molecule has 0 aliphatic carbocycles. The highest BCUT2D eigenvalue weighted by atomic mass is 16.5. The second-order valence-corrected chi connectivity index (χ2v) is 7.75. The van der Waals surface area contributed by atoms with Crippen molar-refractivity contribution in [3.63, 3.8) is 0 Å². The monoisotopic (exact) mass is 389 g/mol. The largest absolute Gasteiger partial charge is 0.492 e. The van der Waals surface area contributed by atoms with Gasteiger partial charge in [-0.25, -0.2) is 0 Å². The Bertz CT molecular complexity index is 590. The molecule has 1 aliphatic heterocycles. The van der Waals surface area contributed by atoms with Gasteiger partial charge in [0.2, 0.25) is 0 Å². The molecular formula is C22H39N5O. The molecule has 2 rings (SSSR count). The number of nitrogens with one attached hydrogen (secondary N) is 2. The predicted octanol–water partition coefficient (Wildman–Crippen LogP) is 2.56. The Morgan fingerprint density at radius 1 is 1.29 bits per heavy atom. The molecule has 28 heavy (non-hydrogen) atoms. The van der Waals surface area contributed by atoms with Crippen molar-refractivity contribution in [2.45, 2.75) is 45.2 Å². The third kappa shape index (κ3) is 8.07. The van der Waals surface area contributed by atoms with Crippen LogP contribution in [0.25, 0.3) is 0 Å². The smallest absolute Gasteiger partial charge is 0.191 e. The van der Waals surface area contributed by atoms with Crippen molar-refractivity contribution in [1.82, 2.24) is 20.4 Å². The summed E-state index contributed by atoms with van der Waals surface area (Å²) in [7, 11) is 5.93. The van der Waals surface area contributed by atoms with E-state index in [4.69, 9.17) is 4.74 Å². The van der Waals surface area contributed by atoms with Gasteiger partial charge in [-0.05, 0) is 57.6 Å². The second kappa shape index (κ2) is 12.6. The zero-order chi connectivity index (χ0) is 20.2. The zero-order valence-corrected chi connectivity index (χ0v) is 18.2. The summed E-state index contributed by atoms with van der Waals surface area (Å²) in [5.41, 5.74) is 1.19. The molecule has 1 fully saturated rings. The van der Waals surface area contributed by atoms with E-state index >= 15 is 0 Å². The molecule has 1 heterocycles. The Hall–Kier alpha value is -1.79. The van der Waals surface area contributed by atoms with Crippen molar-refractivity contribution in [2.75, 3.05) is 53.9 Å². The van der Waals surface area contributed by atoms with Crippen LogP contribution in [0.15, 0.2) is 29.3 Å². The van der Waals surface area contributed by atoms with Crippen LogP contribution in [0.1, 0.15) is 38.2 Å². The third-order valence-corrected chi connectivity index (χ3v) is 5.30. The first-order chi connectivity index (χ1) is 13.6. The molecule has 1 unspecified atom stereocenters. The van der Waals surface area contributed by atoms with Gasteiger partial charge in [0.25, 0.3) is 0 Å². The first-order valence-corrected chi connectivity index (χ1v) is 10.7. The highest BCUT2D eigenvalue weighted by molar-refractivity contribution is 5.79. The van der Waals surface area contributed by atoms with E-state index in [1.165, 1.54) is 37.8 Å². The summed E-state index contributed by atoms with van der Waals surface area (Å²) in [6.45, 7) is 7.86. The maximum Gasteiger partial charge on any atom is 0.191 e. The Balaban J connectivity index is 1.73. The number of guanidine groups is 1. The van der Waals surface area contributed by atoms with Crippen LogP contribution in [0.5, 0.6) is 5.75 Å². The highest BCUT2D eigenvalue weighted by Crippen LogP contribution is 2.18. The fourth-order valence-corrected chi connectivity index (χ4v) is 3.63. The zero-order valence-electron chi connectivity index (χ0n) is 18.2. The molecule has 1 atom stereocenters. The van der Waals surface area contributed by atoms with Gasteiger partial charge >= 0.3 is 0 Å². The molecule has 0 spiro atoms. The topological polar surface area (TPSA) is 52.1 Å².